The zero-order chi connectivity index (χ0) is 16.8. The normalized spacial score (nSPS) is 14.0. The molecule has 122 valence electrons. The van der Waals surface area contributed by atoms with Crippen molar-refractivity contribution in [2.24, 2.45) is 0 Å². The van der Waals surface area contributed by atoms with Crippen LogP contribution in [0.5, 0.6) is 0 Å². The summed E-state index contributed by atoms with van der Waals surface area (Å²) in [6, 6.07) is 3.48. The molecule has 6 heteroatoms. The van der Waals surface area contributed by atoms with E-state index in [1.165, 1.54) is 0 Å². The molecule has 0 bridgehead atoms. The Morgan fingerprint density at radius 2 is 1.95 bits per heavy atom. The molecule has 0 spiro atoms. The van der Waals surface area contributed by atoms with Crippen molar-refractivity contribution in [3.05, 3.63) is 30.1 Å². The van der Waals surface area contributed by atoms with Crippen LogP contribution in [-0.4, -0.2) is 35.7 Å². The summed E-state index contributed by atoms with van der Waals surface area (Å²) in [4.78, 5) is 28.2. The summed E-state index contributed by atoms with van der Waals surface area (Å²) in [6.07, 6.45) is 3.18. The lowest BCUT2D eigenvalue weighted by Gasteiger charge is -2.29. The molecule has 0 aliphatic carbocycles. The first-order chi connectivity index (χ1) is 10.2. The van der Waals surface area contributed by atoms with Crippen LogP contribution in [0.15, 0.2) is 24.5 Å². The average molecular weight is 308 g/mol. The van der Waals surface area contributed by atoms with Gasteiger partial charge in [0.1, 0.15) is 11.1 Å². The Bertz CT molecular complexity index is 511. The summed E-state index contributed by atoms with van der Waals surface area (Å²) in [5.41, 5.74) is -1.12. The molecule has 1 aromatic heterocycles. The number of aromatic nitrogens is 1. The predicted octanol–water partition coefficient (Wildman–Crippen LogP) is 1.79. The first-order valence-corrected chi connectivity index (χ1v) is 7.23. The van der Waals surface area contributed by atoms with E-state index in [2.05, 4.69) is 10.3 Å². The van der Waals surface area contributed by atoms with Crippen molar-refractivity contribution >= 4 is 11.9 Å². The van der Waals surface area contributed by atoms with E-state index < -0.39 is 23.1 Å². The number of rotatable bonds is 6. The fraction of sp³-hybridized carbons (Fsp3) is 0.562. The molecular weight excluding hydrogens is 284 g/mol. The Hall–Kier alpha value is -1.95. The lowest BCUT2D eigenvalue weighted by atomic mass is 9.93. The van der Waals surface area contributed by atoms with E-state index in [0.29, 0.717) is 5.56 Å². The largest absolute Gasteiger partial charge is 0.464 e. The highest BCUT2D eigenvalue weighted by atomic mass is 16.6. The van der Waals surface area contributed by atoms with Crippen molar-refractivity contribution in [2.75, 3.05) is 13.2 Å². The quantitative estimate of drug-likeness (QED) is 0.807. The number of nitrogens with zero attached hydrogens (tertiary/aromatic N) is 1. The topological polar surface area (TPSA) is 77.5 Å². The summed E-state index contributed by atoms with van der Waals surface area (Å²) in [7, 11) is 0. The second-order valence-electron chi connectivity index (χ2n) is 6.03. The summed E-state index contributed by atoms with van der Waals surface area (Å²) in [5.74, 6) is -0.904. The van der Waals surface area contributed by atoms with Gasteiger partial charge in [-0.15, -0.1) is 0 Å². The molecule has 1 heterocycles. The summed E-state index contributed by atoms with van der Waals surface area (Å²) < 4.78 is 10.4. The molecule has 0 saturated carbocycles. The van der Waals surface area contributed by atoms with Gasteiger partial charge in [0.25, 0.3) is 0 Å². The lowest BCUT2D eigenvalue weighted by Crippen LogP contribution is -2.50. The van der Waals surface area contributed by atoms with Gasteiger partial charge < -0.3 is 9.47 Å². The molecule has 1 N–H and O–H groups in total. The van der Waals surface area contributed by atoms with Crippen LogP contribution in [0.2, 0.25) is 0 Å². The van der Waals surface area contributed by atoms with Gasteiger partial charge in [0.05, 0.1) is 13.2 Å². The fourth-order valence-corrected chi connectivity index (χ4v) is 1.85. The molecular formula is C16H24N2O4. The Morgan fingerprint density at radius 3 is 2.45 bits per heavy atom. The van der Waals surface area contributed by atoms with E-state index in [9.17, 15) is 9.59 Å². The minimum Gasteiger partial charge on any atom is -0.464 e. The van der Waals surface area contributed by atoms with Gasteiger partial charge in [-0.3, -0.25) is 15.1 Å². The third kappa shape index (κ3) is 5.11. The standard InChI is InChI=1S/C16H24N2O4/c1-6-21-14(20)16(5,12-8-7-9-17-10-12)18-11-13(19)22-15(2,3)4/h7-10,18H,6,11H2,1-5H3. The zero-order valence-electron chi connectivity index (χ0n) is 13.8. The van der Waals surface area contributed by atoms with Crippen LogP contribution in [0.4, 0.5) is 0 Å². The van der Waals surface area contributed by atoms with E-state index >= 15 is 0 Å². The number of carbonyl (C=O) groups excluding carboxylic acids is 2. The number of carbonyl (C=O) groups is 2. The molecule has 22 heavy (non-hydrogen) atoms. The van der Waals surface area contributed by atoms with E-state index in [4.69, 9.17) is 9.47 Å². The van der Waals surface area contributed by atoms with Gasteiger partial charge in [0.15, 0.2) is 0 Å². The lowest BCUT2D eigenvalue weighted by molar-refractivity contribution is -0.156. The molecule has 0 aliphatic rings. The highest BCUT2D eigenvalue weighted by Crippen LogP contribution is 2.21. The van der Waals surface area contributed by atoms with Gasteiger partial charge in [0, 0.05) is 18.0 Å². The van der Waals surface area contributed by atoms with Crippen LogP contribution in [0.25, 0.3) is 0 Å². The Kier molecular flexibility index (Phi) is 6.05. The average Bonchev–Trinajstić information content (AvgIpc) is 2.44. The van der Waals surface area contributed by atoms with E-state index in [-0.39, 0.29) is 13.2 Å². The van der Waals surface area contributed by atoms with Gasteiger partial charge in [-0.1, -0.05) is 6.07 Å². The molecule has 0 aromatic carbocycles. The molecule has 0 saturated heterocycles. The van der Waals surface area contributed by atoms with Crippen LogP contribution in [0, 0.1) is 0 Å². The van der Waals surface area contributed by atoms with Crippen molar-refractivity contribution < 1.29 is 19.1 Å². The number of hydrogen-bond donors (Lipinski definition) is 1. The molecule has 6 nitrogen and oxygen atoms in total. The molecule has 0 radical (unpaired) electrons. The molecule has 0 aliphatic heterocycles. The van der Waals surface area contributed by atoms with Crippen molar-refractivity contribution in [1.82, 2.24) is 10.3 Å². The van der Waals surface area contributed by atoms with Gasteiger partial charge in [0.2, 0.25) is 0 Å². The van der Waals surface area contributed by atoms with Crippen molar-refractivity contribution in [3.63, 3.8) is 0 Å². The molecule has 0 fully saturated rings. The third-order valence-corrected chi connectivity index (χ3v) is 2.93. The van der Waals surface area contributed by atoms with Crippen LogP contribution in [0.1, 0.15) is 40.2 Å². The highest BCUT2D eigenvalue weighted by molar-refractivity contribution is 5.83. The Labute approximate surface area is 131 Å². The summed E-state index contributed by atoms with van der Waals surface area (Å²) in [6.45, 7) is 8.90. The second-order valence-corrected chi connectivity index (χ2v) is 6.03. The van der Waals surface area contributed by atoms with Crippen molar-refractivity contribution in [1.29, 1.82) is 0 Å². The zero-order valence-corrected chi connectivity index (χ0v) is 13.8. The second kappa shape index (κ2) is 7.35. The van der Waals surface area contributed by atoms with Crippen LogP contribution in [0.3, 0.4) is 0 Å². The molecule has 1 atom stereocenters. The van der Waals surface area contributed by atoms with E-state index in [1.807, 2.05) is 0 Å². The van der Waals surface area contributed by atoms with E-state index in [0.717, 1.165) is 0 Å². The first kappa shape index (κ1) is 18.1. The maximum Gasteiger partial charge on any atom is 0.330 e. The molecule has 1 rings (SSSR count). The number of nitrogens with one attached hydrogen (secondary N) is 1. The summed E-state index contributed by atoms with van der Waals surface area (Å²) >= 11 is 0. The van der Waals surface area contributed by atoms with Crippen LogP contribution >= 0.6 is 0 Å². The fourth-order valence-electron chi connectivity index (χ4n) is 1.85. The molecule has 1 aromatic rings. The van der Waals surface area contributed by atoms with Gasteiger partial charge in [-0.25, -0.2) is 4.79 Å². The molecule has 0 amide bonds. The van der Waals surface area contributed by atoms with Gasteiger partial charge in [-0.2, -0.15) is 0 Å². The first-order valence-electron chi connectivity index (χ1n) is 7.23. The number of pyridine rings is 1. The third-order valence-electron chi connectivity index (χ3n) is 2.93. The highest BCUT2D eigenvalue weighted by Gasteiger charge is 2.37. The van der Waals surface area contributed by atoms with Gasteiger partial charge in [-0.05, 0) is 40.7 Å². The van der Waals surface area contributed by atoms with Crippen molar-refractivity contribution in [3.8, 4) is 0 Å². The smallest absolute Gasteiger partial charge is 0.330 e. The van der Waals surface area contributed by atoms with Crippen LogP contribution < -0.4 is 5.32 Å². The van der Waals surface area contributed by atoms with E-state index in [1.54, 1.807) is 59.1 Å². The SMILES string of the molecule is CCOC(=O)C(C)(NCC(=O)OC(C)(C)C)c1cccnc1. The minimum absolute atomic E-state index is 0.110. The number of esters is 2. The number of ether oxygens (including phenoxy) is 2. The van der Waals surface area contributed by atoms with Crippen molar-refractivity contribution in [2.45, 2.75) is 45.8 Å². The summed E-state index contributed by atoms with van der Waals surface area (Å²) in [5, 5.41) is 2.93. The minimum atomic E-state index is -1.17. The maximum atomic E-state index is 12.3. The predicted molar refractivity (Wildman–Crippen MR) is 82.1 cm³/mol. The monoisotopic (exact) mass is 308 g/mol. The van der Waals surface area contributed by atoms with Crippen LogP contribution in [-0.2, 0) is 24.6 Å². The Balaban J connectivity index is 2.89. The molecule has 1 unspecified atom stereocenters. The number of hydrogen-bond acceptors (Lipinski definition) is 6. The maximum absolute atomic E-state index is 12.3. The Morgan fingerprint density at radius 1 is 1.27 bits per heavy atom. The van der Waals surface area contributed by atoms with Gasteiger partial charge >= 0.3 is 11.9 Å².